The van der Waals surface area contributed by atoms with E-state index in [0.717, 1.165) is 4.90 Å². The number of hydrogen-bond donors (Lipinski definition) is 1. The third-order valence-electron chi connectivity index (χ3n) is 2.79. The lowest BCUT2D eigenvalue weighted by atomic mass is 10.3. The summed E-state index contributed by atoms with van der Waals surface area (Å²) in [4.78, 5) is 32.5. The van der Waals surface area contributed by atoms with Crippen molar-refractivity contribution < 1.29 is 14.3 Å². The van der Waals surface area contributed by atoms with Gasteiger partial charge in [0.1, 0.15) is 0 Å². The number of para-hydroxylation sites is 1. The fourth-order valence-corrected chi connectivity index (χ4v) is 2.21. The molecule has 0 radical (unpaired) electrons. The van der Waals surface area contributed by atoms with Crippen molar-refractivity contribution in [2.24, 2.45) is 0 Å². The van der Waals surface area contributed by atoms with Crippen molar-refractivity contribution in [1.29, 1.82) is 0 Å². The average molecular weight is 317 g/mol. The Hall–Kier alpha value is -2.41. The SMILES string of the molecule is CSc1ccccc1NC(=O)C(C)OC(=O)c1cnccn1. The van der Waals surface area contributed by atoms with E-state index in [2.05, 4.69) is 15.3 Å². The number of rotatable bonds is 5. The molecule has 1 N–H and O–H groups in total. The largest absolute Gasteiger partial charge is 0.448 e. The number of nitrogens with zero attached hydrogens (tertiary/aromatic N) is 2. The van der Waals surface area contributed by atoms with E-state index < -0.39 is 18.0 Å². The molecule has 0 saturated carbocycles. The number of aromatic nitrogens is 2. The van der Waals surface area contributed by atoms with Crippen LogP contribution in [0.15, 0.2) is 47.8 Å². The Morgan fingerprint density at radius 3 is 2.73 bits per heavy atom. The summed E-state index contributed by atoms with van der Waals surface area (Å²) < 4.78 is 5.08. The number of amides is 1. The lowest BCUT2D eigenvalue weighted by molar-refractivity contribution is -0.123. The van der Waals surface area contributed by atoms with Crippen LogP contribution in [-0.2, 0) is 9.53 Å². The molecule has 1 amide bonds. The normalized spacial score (nSPS) is 11.5. The number of thioether (sulfide) groups is 1. The molecular weight excluding hydrogens is 302 g/mol. The molecule has 1 heterocycles. The third kappa shape index (κ3) is 4.05. The fraction of sp³-hybridized carbons (Fsp3) is 0.200. The average Bonchev–Trinajstić information content (AvgIpc) is 2.56. The molecule has 1 unspecified atom stereocenters. The van der Waals surface area contributed by atoms with Gasteiger partial charge in [0.2, 0.25) is 0 Å². The first-order valence-electron chi connectivity index (χ1n) is 6.52. The molecule has 0 aliphatic rings. The Morgan fingerprint density at radius 2 is 2.05 bits per heavy atom. The van der Waals surface area contributed by atoms with Crippen LogP contribution in [0.25, 0.3) is 0 Å². The molecule has 1 atom stereocenters. The number of anilines is 1. The van der Waals surface area contributed by atoms with Crippen LogP contribution in [-0.4, -0.2) is 34.2 Å². The van der Waals surface area contributed by atoms with Gasteiger partial charge >= 0.3 is 5.97 Å². The monoisotopic (exact) mass is 317 g/mol. The Kier molecular flexibility index (Phi) is 5.48. The maximum Gasteiger partial charge on any atom is 0.359 e. The van der Waals surface area contributed by atoms with Crippen LogP contribution in [0.2, 0.25) is 0 Å². The summed E-state index contributed by atoms with van der Waals surface area (Å²) in [6.07, 6.45) is 5.10. The van der Waals surface area contributed by atoms with E-state index in [-0.39, 0.29) is 5.69 Å². The van der Waals surface area contributed by atoms with Crippen LogP contribution in [0.1, 0.15) is 17.4 Å². The van der Waals surface area contributed by atoms with Crippen LogP contribution in [0.4, 0.5) is 5.69 Å². The smallest absolute Gasteiger partial charge is 0.359 e. The lowest BCUT2D eigenvalue weighted by Gasteiger charge is -2.14. The van der Waals surface area contributed by atoms with Crippen molar-refractivity contribution >= 4 is 29.3 Å². The summed E-state index contributed by atoms with van der Waals surface area (Å²) in [6.45, 7) is 1.51. The molecule has 0 aliphatic carbocycles. The minimum atomic E-state index is -0.940. The summed E-state index contributed by atoms with van der Waals surface area (Å²) in [5, 5.41) is 2.75. The van der Waals surface area contributed by atoms with Gasteiger partial charge in [-0.05, 0) is 25.3 Å². The number of carbonyl (C=O) groups is 2. The molecule has 0 fully saturated rings. The van der Waals surface area contributed by atoms with E-state index in [9.17, 15) is 9.59 Å². The maximum atomic E-state index is 12.1. The standard InChI is InChI=1S/C15H15N3O3S/c1-10(21-15(20)12-9-16-7-8-17-12)14(19)18-11-5-3-4-6-13(11)22-2/h3-10H,1-2H3,(H,18,19). The van der Waals surface area contributed by atoms with Crippen molar-refractivity contribution in [2.45, 2.75) is 17.9 Å². The number of nitrogens with one attached hydrogen (secondary N) is 1. The van der Waals surface area contributed by atoms with Crippen LogP contribution >= 0.6 is 11.8 Å². The van der Waals surface area contributed by atoms with Crippen molar-refractivity contribution in [2.75, 3.05) is 11.6 Å². The summed E-state index contributed by atoms with van der Waals surface area (Å²) >= 11 is 1.52. The summed E-state index contributed by atoms with van der Waals surface area (Å²) in [5.74, 6) is -1.09. The molecule has 0 spiro atoms. The molecule has 0 bridgehead atoms. The Labute approximate surface area is 132 Å². The fourth-order valence-electron chi connectivity index (χ4n) is 1.66. The van der Waals surface area contributed by atoms with Gasteiger partial charge in [-0.2, -0.15) is 0 Å². The predicted molar refractivity (Wildman–Crippen MR) is 83.8 cm³/mol. The van der Waals surface area contributed by atoms with Gasteiger partial charge in [-0.15, -0.1) is 11.8 Å². The van der Waals surface area contributed by atoms with Crippen molar-refractivity contribution in [3.8, 4) is 0 Å². The maximum absolute atomic E-state index is 12.1. The number of ether oxygens (including phenoxy) is 1. The highest BCUT2D eigenvalue weighted by molar-refractivity contribution is 7.98. The number of benzene rings is 1. The van der Waals surface area contributed by atoms with Crippen molar-refractivity contribution in [3.05, 3.63) is 48.5 Å². The molecule has 0 saturated heterocycles. The first-order chi connectivity index (χ1) is 10.6. The van der Waals surface area contributed by atoms with Gasteiger partial charge < -0.3 is 10.1 Å². The van der Waals surface area contributed by atoms with Gasteiger partial charge in [0.25, 0.3) is 5.91 Å². The quantitative estimate of drug-likeness (QED) is 0.673. The van der Waals surface area contributed by atoms with E-state index in [1.54, 1.807) is 6.07 Å². The Balaban J connectivity index is 1.99. The van der Waals surface area contributed by atoms with Gasteiger partial charge in [-0.3, -0.25) is 9.78 Å². The number of hydrogen-bond acceptors (Lipinski definition) is 6. The van der Waals surface area contributed by atoms with Gasteiger partial charge in [-0.25, -0.2) is 9.78 Å². The zero-order chi connectivity index (χ0) is 15.9. The molecule has 114 valence electrons. The van der Waals surface area contributed by atoms with Crippen LogP contribution in [0.3, 0.4) is 0 Å². The minimum Gasteiger partial charge on any atom is -0.448 e. The highest BCUT2D eigenvalue weighted by atomic mass is 32.2. The van der Waals surface area contributed by atoms with Gasteiger partial charge in [0.15, 0.2) is 11.8 Å². The second kappa shape index (κ2) is 7.56. The first-order valence-corrected chi connectivity index (χ1v) is 7.75. The summed E-state index contributed by atoms with van der Waals surface area (Å²) in [7, 11) is 0. The summed E-state index contributed by atoms with van der Waals surface area (Å²) in [5.41, 5.74) is 0.745. The van der Waals surface area contributed by atoms with Gasteiger partial charge in [0.05, 0.1) is 11.9 Å². The molecule has 7 heteroatoms. The molecule has 1 aromatic carbocycles. The zero-order valence-electron chi connectivity index (χ0n) is 12.1. The molecular formula is C15H15N3O3S. The molecule has 2 aromatic rings. The van der Waals surface area contributed by atoms with Gasteiger partial charge in [-0.1, -0.05) is 12.1 Å². The highest BCUT2D eigenvalue weighted by Crippen LogP contribution is 2.24. The van der Waals surface area contributed by atoms with Crippen LogP contribution in [0, 0.1) is 0 Å². The van der Waals surface area contributed by atoms with E-state index in [1.165, 1.54) is 37.3 Å². The van der Waals surface area contributed by atoms with Crippen molar-refractivity contribution in [3.63, 3.8) is 0 Å². The molecule has 1 aromatic heterocycles. The number of esters is 1. The van der Waals surface area contributed by atoms with Gasteiger partial charge in [0, 0.05) is 17.3 Å². The van der Waals surface area contributed by atoms with Crippen LogP contribution in [0.5, 0.6) is 0 Å². The van der Waals surface area contributed by atoms with E-state index in [4.69, 9.17) is 4.74 Å². The molecule has 2 rings (SSSR count). The van der Waals surface area contributed by atoms with E-state index in [1.807, 2.05) is 24.5 Å². The predicted octanol–water partition coefficient (Wildman–Crippen LogP) is 2.38. The zero-order valence-corrected chi connectivity index (χ0v) is 13.0. The van der Waals surface area contributed by atoms with Crippen LogP contribution < -0.4 is 5.32 Å². The number of carbonyl (C=O) groups excluding carboxylic acids is 2. The molecule has 0 aliphatic heterocycles. The molecule has 6 nitrogen and oxygen atoms in total. The van der Waals surface area contributed by atoms with Crippen molar-refractivity contribution in [1.82, 2.24) is 9.97 Å². The highest BCUT2D eigenvalue weighted by Gasteiger charge is 2.20. The van der Waals surface area contributed by atoms with E-state index >= 15 is 0 Å². The Morgan fingerprint density at radius 1 is 1.27 bits per heavy atom. The summed E-state index contributed by atoms with van der Waals surface area (Å²) in [6, 6.07) is 7.40. The second-order valence-corrected chi connectivity index (χ2v) is 5.18. The Bertz CT molecular complexity index is 664. The first kappa shape index (κ1) is 16.0. The lowest BCUT2D eigenvalue weighted by Crippen LogP contribution is -2.30. The minimum absolute atomic E-state index is 0.0617. The van der Waals surface area contributed by atoms with E-state index in [0.29, 0.717) is 5.69 Å². The topological polar surface area (TPSA) is 81.2 Å². The molecule has 22 heavy (non-hydrogen) atoms. The second-order valence-electron chi connectivity index (χ2n) is 4.33. The third-order valence-corrected chi connectivity index (χ3v) is 3.59.